The third-order valence-electron chi connectivity index (χ3n) is 5.24. The van der Waals surface area contributed by atoms with Crippen molar-refractivity contribution in [1.29, 1.82) is 0 Å². The van der Waals surface area contributed by atoms with E-state index in [-0.39, 0.29) is 24.0 Å². The molecule has 172 valence electrons. The molecule has 2 heterocycles. The van der Waals surface area contributed by atoms with E-state index in [1.807, 2.05) is 84.9 Å². The first-order valence-corrected chi connectivity index (χ1v) is 12.0. The Kier molecular flexibility index (Phi) is 6.63. The van der Waals surface area contributed by atoms with E-state index in [1.165, 1.54) is 16.8 Å². The molecule has 1 N–H and O–H groups in total. The molecule has 0 bridgehead atoms. The summed E-state index contributed by atoms with van der Waals surface area (Å²) in [5.41, 5.74) is 4.17. The summed E-state index contributed by atoms with van der Waals surface area (Å²) in [5.74, 6) is -0.0456. The Morgan fingerprint density at radius 1 is 0.829 bits per heavy atom. The van der Waals surface area contributed by atoms with E-state index < -0.39 is 0 Å². The lowest BCUT2D eigenvalue weighted by atomic mass is 10.1. The number of carbonyl (C=O) groups is 2. The van der Waals surface area contributed by atoms with Crippen LogP contribution in [0.3, 0.4) is 0 Å². The van der Waals surface area contributed by atoms with Crippen molar-refractivity contribution in [2.45, 2.75) is 11.6 Å². The van der Waals surface area contributed by atoms with Crippen molar-refractivity contribution in [3.8, 4) is 22.5 Å². The number of amidine groups is 1. The number of rotatable bonds is 6. The molecule has 2 amide bonds. The third kappa shape index (κ3) is 5.44. The zero-order valence-electron chi connectivity index (χ0n) is 18.7. The Balaban J connectivity index is 1.31. The molecule has 0 unspecified atom stereocenters. The molecule has 7 nitrogen and oxygen atoms in total. The minimum Gasteiger partial charge on any atom is -0.312 e. The maximum absolute atomic E-state index is 12.6. The summed E-state index contributed by atoms with van der Waals surface area (Å²) < 4.78 is 0. The number of nitrogens with one attached hydrogen (secondary N) is 1. The maximum Gasteiger partial charge on any atom is 0.255 e. The van der Waals surface area contributed by atoms with Crippen molar-refractivity contribution in [2.24, 2.45) is 5.10 Å². The van der Waals surface area contributed by atoms with Gasteiger partial charge in [0, 0.05) is 11.1 Å². The summed E-state index contributed by atoms with van der Waals surface area (Å²) in [4.78, 5) is 34.3. The predicted octanol–water partition coefficient (Wildman–Crippen LogP) is 4.77. The van der Waals surface area contributed by atoms with E-state index >= 15 is 0 Å². The second-order valence-corrected chi connectivity index (χ2v) is 8.70. The van der Waals surface area contributed by atoms with Gasteiger partial charge in [0.2, 0.25) is 5.91 Å². The van der Waals surface area contributed by atoms with Gasteiger partial charge in [-0.15, -0.1) is 0 Å². The monoisotopic (exact) mass is 479 g/mol. The zero-order valence-corrected chi connectivity index (χ0v) is 19.5. The van der Waals surface area contributed by atoms with Crippen molar-refractivity contribution in [1.82, 2.24) is 15.3 Å². The van der Waals surface area contributed by atoms with E-state index in [9.17, 15) is 9.59 Å². The lowest BCUT2D eigenvalue weighted by Crippen LogP contribution is -2.31. The van der Waals surface area contributed by atoms with Crippen LogP contribution in [0.25, 0.3) is 22.5 Å². The van der Waals surface area contributed by atoms with E-state index in [0.29, 0.717) is 16.7 Å². The number of hydrazone groups is 1. The number of anilines is 1. The number of hydrogen-bond acceptors (Lipinski definition) is 6. The molecule has 1 aromatic heterocycles. The maximum atomic E-state index is 12.6. The third-order valence-corrected chi connectivity index (χ3v) is 6.08. The highest BCUT2D eigenvalue weighted by molar-refractivity contribution is 7.99. The Morgan fingerprint density at radius 2 is 1.37 bits per heavy atom. The van der Waals surface area contributed by atoms with E-state index in [4.69, 9.17) is 0 Å². The topological polar surface area (TPSA) is 87.6 Å². The van der Waals surface area contributed by atoms with Crippen molar-refractivity contribution < 1.29 is 9.59 Å². The number of hydrogen-bond donors (Lipinski definition) is 1. The molecule has 4 aromatic rings. The van der Waals surface area contributed by atoms with Crippen molar-refractivity contribution >= 4 is 35.1 Å². The van der Waals surface area contributed by atoms with Gasteiger partial charge >= 0.3 is 0 Å². The molecular weight excluding hydrogens is 458 g/mol. The summed E-state index contributed by atoms with van der Waals surface area (Å²) in [6, 6.07) is 30.8. The average molecular weight is 480 g/mol. The molecule has 0 atom stereocenters. The lowest BCUT2D eigenvalue weighted by molar-refractivity contribution is -0.117. The number of amides is 2. The summed E-state index contributed by atoms with van der Waals surface area (Å²) in [6.07, 6.45) is 0.0451. The smallest absolute Gasteiger partial charge is 0.255 e. The van der Waals surface area contributed by atoms with E-state index in [1.54, 1.807) is 12.1 Å². The van der Waals surface area contributed by atoms with Crippen LogP contribution >= 0.6 is 11.8 Å². The second kappa shape index (κ2) is 10.3. The molecule has 35 heavy (non-hydrogen) atoms. The first kappa shape index (κ1) is 22.5. The fourth-order valence-corrected chi connectivity index (χ4v) is 4.26. The van der Waals surface area contributed by atoms with Crippen LogP contribution in [0, 0.1) is 0 Å². The molecule has 0 fully saturated rings. The minimum atomic E-state index is -0.272. The minimum absolute atomic E-state index is 0.0451. The number of aromatic nitrogens is 2. The first-order chi connectivity index (χ1) is 17.2. The molecule has 0 saturated carbocycles. The first-order valence-electron chi connectivity index (χ1n) is 11.0. The van der Waals surface area contributed by atoms with Crippen molar-refractivity contribution in [3.05, 3.63) is 97.1 Å². The number of carbonyl (C=O) groups excluding carboxylic acids is 2. The van der Waals surface area contributed by atoms with Crippen molar-refractivity contribution in [2.75, 3.05) is 10.8 Å². The highest BCUT2D eigenvalue weighted by Crippen LogP contribution is 2.27. The predicted molar refractivity (Wildman–Crippen MR) is 138 cm³/mol. The Hall–Kier alpha value is -4.30. The van der Waals surface area contributed by atoms with Crippen LogP contribution in [0.5, 0.6) is 0 Å². The summed E-state index contributed by atoms with van der Waals surface area (Å²) in [7, 11) is 0. The zero-order chi connectivity index (χ0) is 24.0. The standard InChI is InChI=1S/C27H21N5O2S/c33-25(30-24-17-26(34)32(31-24)21-14-8-3-9-15-21)18-35-27-28-22(19-10-4-1-5-11-19)16-23(29-27)20-12-6-2-7-13-20/h1-16H,17-18H2,(H,30,31,33). The molecule has 1 aliphatic heterocycles. The summed E-state index contributed by atoms with van der Waals surface area (Å²) in [5, 5.41) is 8.82. The van der Waals surface area contributed by atoms with Gasteiger partial charge in [-0.2, -0.15) is 10.1 Å². The van der Waals surface area contributed by atoms with Crippen LogP contribution in [-0.4, -0.2) is 33.4 Å². The Labute approximate surface area is 206 Å². The van der Waals surface area contributed by atoms with Gasteiger partial charge in [0.15, 0.2) is 5.16 Å². The molecule has 8 heteroatoms. The molecule has 0 saturated heterocycles. The largest absolute Gasteiger partial charge is 0.312 e. The molecule has 1 aliphatic rings. The lowest BCUT2D eigenvalue weighted by Gasteiger charge is -2.10. The van der Waals surface area contributed by atoms with Gasteiger partial charge < -0.3 is 5.32 Å². The van der Waals surface area contributed by atoms with Gasteiger partial charge in [0.25, 0.3) is 5.91 Å². The molecule has 0 aliphatic carbocycles. The van der Waals surface area contributed by atoms with Crippen LogP contribution in [0.2, 0.25) is 0 Å². The number of para-hydroxylation sites is 1. The fraction of sp³-hybridized carbons (Fsp3) is 0.0741. The number of nitrogens with zero attached hydrogens (tertiary/aromatic N) is 4. The van der Waals surface area contributed by atoms with Crippen LogP contribution in [0.15, 0.2) is 107 Å². The van der Waals surface area contributed by atoms with Crippen molar-refractivity contribution in [3.63, 3.8) is 0 Å². The number of benzene rings is 3. The molecule has 3 aromatic carbocycles. The number of thioether (sulfide) groups is 1. The summed E-state index contributed by atoms with van der Waals surface area (Å²) in [6.45, 7) is 0. The highest BCUT2D eigenvalue weighted by Gasteiger charge is 2.26. The van der Waals surface area contributed by atoms with Gasteiger partial charge in [-0.1, -0.05) is 90.6 Å². The van der Waals surface area contributed by atoms with Gasteiger partial charge in [-0.05, 0) is 18.2 Å². The molecule has 0 radical (unpaired) electrons. The quantitative estimate of drug-likeness (QED) is 0.318. The Bertz CT molecular complexity index is 1320. The summed E-state index contributed by atoms with van der Waals surface area (Å²) >= 11 is 1.24. The van der Waals surface area contributed by atoms with Gasteiger partial charge in [-0.3, -0.25) is 9.59 Å². The molecule has 5 rings (SSSR count). The van der Waals surface area contributed by atoms with Crippen LogP contribution in [0.4, 0.5) is 5.69 Å². The van der Waals surface area contributed by atoms with E-state index in [2.05, 4.69) is 20.4 Å². The highest BCUT2D eigenvalue weighted by atomic mass is 32.2. The van der Waals surface area contributed by atoms with Crippen LogP contribution in [0.1, 0.15) is 6.42 Å². The molecular formula is C27H21N5O2S. The van der Waals surface area contributed by atoms with Crippen LogP contribution < -0.4 is 10.3 Å². The average Bonchev–Trinajstić information content (AvgIpc) is 3.28. The van der Waals surface area contributed by atoms with Gasteiger partial charge in [0.1, 0.15) is 5.84 Å². The van der Waals surface area contributed by atoms with Crippen LogP contribution in [-0.2, 0) is 9.59 Å². The Morgan fingerprint density at radius 3 is 1.94 bits per heavy atom. The van der Waals surface area contributed by atoms with Gasteiger partial charge in [-0.25, -0.2) is 9.97 Å². The second-order valence-electron chi connectivity index (χ2n) is 7.75. The van der Waals surface area contributed by atoms with Gasteiger partial charge in [0.05, 0.1) is 29.2 Å². The fourth-order valence-electron chi connectivity index (χ4n) is 3.60. The van der Waals surface area contributed by atoms with E-state index in [0.717, 1.165) is 22.5 Å². The SMILES string of the molecule is O=C(CSc1nc(-c2ccccc2)cc(-c2ccccc2)n1)NC1=NN(c2ccccc2)C(=O)C1. The normalized spacial score (nSPS) is 13.0. The molecule has 0 spiro atoms.